The molecule has 3 saturated heterocycles. The molecule has 25 atom stereocenters. The highest BCUT2D eigenvalue weighted by Gasteiger charge is 2.68. The number of rotatable bonds is 13. The van der Waals surface area contributed by atoms with E-state index >= 15 is 0 Å². The summed E-state index contributed by atoms with van der Waals surface area (Å²) in [5.41, 5.74) is 1.38. The van der Waals surface area contributed by atoms with Crippen LogP contribution in [0.5, 0.6) is 0 Å². The van der Waals surface area contributed by atoms with E-state index in [0.29, 0.717) is 43.6 Å². The highest BCUT2D eigenvalue weighted by molar-refractivity contribution is 5.28. The molecule has 4 aliphatic carbocycles. The zero-order valence-electron chi connectivity index (χ0n) is 36.9. The van der Waals surface area contributed by atoms with Crippen LogP contribution in [0.15, 0.2) is 23.5 Å². The molecule has 0 radical (unpaired) electrons. The molecule has 4 saturated carbocycles. The van der Waals surface area contributed by atoms with Gasteiger partial charge in [-0.2, -0.15) is 0 Å². The molecule has 0 aromatic carbocycles. The maximum Gasteiger partial charge on any atom is 0.187 e. The number of fused-ring (bicyclic) bond motifs is 7. The Labute approximate surface area is 373 Å². The predicted molar refractivity (Wildman–Crippen MR) is 219 cm³/mol. The largest absolute Gasteiger partial charge is 0.494 e. The third kappa shape index (κ3) is 8.44. The van der Waals surface area contributed by atoms with Gasteiger partial charge in [0.1, 0.15) is 79.4 Å². The lowest BCUT2D eigenvalue weighted by Crippen LogP contribution is -2.65. The van der Waals surface area contributed by atoms with Crippen molar-refractivity contribution in [2.45, 2.75) is 189 Å². The van der Waals surface area contributed by atoms with Crippen molar-refractivity contribution >= 4 is 0 Å². The number of ether oxygens (including phenoxy) is 7. The first-order valence-electron chi connectivity index (χ1n) is 23.2. The Morgan fingerprint density at radius 3 is 1.91 bits per heavy atom. The Bertz CT molecular complexity index is 1660. The summed E-state index contributed by atoms with van der Waals surface area (Å²) in [6.45, 7) is 9.00. The van der Waals surface area contributed by atoms with Gasteiger partial charge in [-0.15, -0.1) is 0 Å². The molecule has 64 heavy (non-hydrogen) atoms. The van der Waals surface area contributed by atoms with Gasteiger partial charge < -0.3 is 94.4 Å². The zero-order valence-corrected chi connectivity index (χ0v) is 36.9. The minimum atomic E-state index is -1.76. The molecule has 366 valence electrons. The van der Waals surface area contributed by atoms with Crippen molar-refractivity contribution < 1.29 is 94.4 Å². The molecule has 19 heteroatoms. The van der Waals surface area contributed by atoms with E-state index in [1.54, 1.807) is 0 Å². The van der Waals surface area contributed by atoms with E-state index in [1.807, 2.05) is 0 Å². The van der Waals surface area contributed by atoms with E-state index in [0.717, 1.165) is 37.0 Å². The summed E-state index contributed by atoms with van der Waals surface area (Å²) < 4.78 is 41.8. The normalized spacial score (nSPS) is 52.6. The molecule has 4 heterocycles. The fourth-order valence-corrected chi connectivity index (χ4v) is 13.5. The van der Waals surface area contributed by atoms with Crippen molar-refractivity contribution in [3.8, 4) is 0 Å². The Morgan fingerprint density at radius 1 is 0.672 bits per heavy atom. The molecule has 0 unspecified atom stereocenters. The minimum Gasteiger partial charge on any atom is -0.494 e. The van der Waals surface area contributed by atoms with Crippen molar-refractivity contribution in [1.29, 1.82) is 0 Å². The monoisotopic (exact) mass is 916 g/mol. The van der Waals surface area contributed by atoms with Gasteiger partial charge in [0.15, 0.2) is 18.9 Å². The van der Waals surface area contributed by atoms with E-state index in [-0.39, 0.29) is 53.3 Å². The average molecular weight is 917 g/mol. The summed E-state index contributed by atoms with van der Waals surface area (Å²) in [4.78, 5) is 0. The van der Waals surface area contributed by atoms with Gasteiger partial charge in [-0.05, 0) is 93.0 Å². The highest BCUT2D eigenvalue weighted by atomic mass is 16.8. The molecule has 19 nitrogen and oxygen atoms in total. The van der Waals surface area contributed by atoms with Gasteiger partial charge in [-0.3, -0.25) is 0 Å². The molecule has 0 aromatic rings. The highest BCUT2D eigenvalue weighted by Crippen LogP contribution is 2.70. The minimum absolute atomic E-state index is 0.0301. The van der Waals surface area contributed by atoms with Crippen LogP contribution in [0.1, 0.15) is 78.6 Å². The van der Waals surface area contributed by atoms with Crippen LogP contribution < -0.4 is 0 Å². The summed E-state index contributed by atoms with van der Waals surface area (Å²) in [7, 11) is 0. The van der Waals surface area contributed by atoms with Crippen LogP contribution in [0.25, 0.3) is 0 Å². The van der Waals surface area contributed by atoms with E-state index in [4.69, 9.17) is 33.2 Å². The smallest absolute Gasteiger partial charge is 0.187 e. The standard InChI is InChI=1S/C45H72O19/c1-18(17-58-41-38(56)35(53)32(50)27(14-46)61-41)5-8-25-19(2)31-26(60-25)12-24-22-7-6-20-11-21(9-10-44(20,3)23(22)13-30(49)45(24,31)4)59-43-40(37(55)34(52)29(16-48)63-43)64-42-39(57)36(54)33(51)28(15-47)62-42/h20-24,26-43,46-57H,1,5-17H2,2-4H3/t20-,21-,22-,23+,24-,26+,27-,28-,29-,30-,31+,32-,33-,34+,35+,36+,37+,38-,39-,40-,41-,42+,43-,44+,45-/m1/s1. The van der Waals surface area contributed by atoms with E-state index in [1.165, 1.54) is 0 Å². The van der Waals surface area contributed by atoms with Gasteiger partial charge >= 0.3 is 0 Å². The Hall–Kier alpha value is -1.44. The van der Waals surface area contributed by atoms with Crippen LogP contribution in [0.3, 0.4) is 0 Å². The molecule has 4 aliphatic heterocycles. The van der Waals surface area contributed by atoms with Crippen molar-refractivity contribution in [2.75, 3.05) is 26.4 Å². The second kappa shape index (κ2) is 19.2. The summed E-state index contributed by atoms with van der Waals surface area (Å²) in [5, 5.41) is 125. The molecule has 0 spiro atoms. The first-order valence-corrected chi connectivity index (χ1v) is 23.2. The van der Waals surface area contributed by atoms with E-state index in [9.17, 15) is 61.3 Å². The van der Waals surface area contributed by atoms with E-state index in [2.05, 4.69) is 27.4 Å². The van der Waals surface area contributed by atoms with Crippen molar-refractivity contribution in [3.05, 3.63) is 23.5 Å². The fraction of sp³-hybridized carbons (Fsp3) is 0.911. The van der Waals surface area contributed by atoms with Crippen LogP contribution in [0.2, 0.25) is 0 Å². The zero-order chi connectivity index (χ0) is 46.2. The second-order valence-electron chi connectivity index (χ2n) is 20.5. The number of aliphatic hydroxyl groups is 12. The summed E-state index contributed by atoms with van der Waals surface area (Å²) in [6.07, 6.45) is -16.3. The van der Waals surface area contributed by atoms with Crippen LogP contribution in [-0.2, 0) is 33.2 Å². The second-order valence-corrected chi connectivity index (χ2v) is 20.5. The Morgan fingerprint density at radius 2 is 1.27 bits per heavy atom. The van der Waals surface area contributed by atoms with Crippen molar-refractivity contribution in [1.82, 2.24) is 0 Å². The van der Waals surface area contributed by atoms with Gasteiger partial charge in [0.25, 0.3) is 0 Å². The summed E-state index contributed by atoms with van der Waals surface area (Å²) >= 11 is 0. The molecule has 12 N–H and O–H groups in total. The summed E-state index contributed by atoms with van der Waals surface area (Å²) in [5.74, 6) is 2.09. The maximum atomic E-state index is 12.3. The number of aliphatic hydroxyl groups excluding tert-OH is 12. The summed E-state index contributed by atoms with van der Waals surface area (Å²) in [6, 6.07) is 0. The number of allylic oxidation sites excluding steroid dienone is 1. The van der Waals surface area contributed by atoms with Crippen LogP contribution in [0, 0.1) is 40.4 Å². The molecule has 8 rings (SSSR count). The third-order valence-electron chi connectivity index (χ3n) is 17.2. The Kier molecular flexibility index (Phi) is 14.7. The van der Waals surface area contributed by atoms with Crippen LogP contribution >= 0.6 is 0 Å². The van der Waals surface area contributed by atoms with Crippen molar-refractivity contribution in [3.63, 3.8) is 0 Å². The molecular formula is C45H72O19. The third-order valence-corrected chi connectivity index (χ3v) is 17.2. The molecule has 7 fully saturated rings. The van der Waals surface area contributed by atoms with Gasteiger partial charge in [0, 0.05) is 17.8 Å². The molecule has 0 amide bonds. The Balaban J connectivity index is 0.889. The number of hydrogen-bond donors (Lipinski definition) is 12. The van der Waals surface area contributed by atoms with Crippen molar-refractivity contribution in [2.24, 2.45) is 40.4 Å². The van der Waals surface area contributed by atoms with Gasteiger partial charge in [0.2, 0.25) is 0 Å². The van der Waals surface area contributed by atoms with Gasteiger partial charge in [0.05, 0.1) is 44.4 Å². The first kappa shape index (κ1) is 49.0. The molecule has 0 aromatic heterocycles. The van der Waals surface area contributed by atoms with Gasteiger partial charge in [-0.25, -0.2) is 0 Å². The molecule has 0 bridgehead atoms. The maximum absolute atomic E-state index is 12.3. The number of hydrogen-bond acceptors (Lipinski definition) is 19. The lowest BCUT2D eigenvalue weighted by atomic mass is 9.44. The first-order chi connectivity index (χ1) is 30.4. The lowest BCUT2D eigenvalue weighted by molar-refractivity contribution is -0.373. The van der Waals surface area contributed by atoms with Crippen LogP contribution in [0.4, 0.5) is 0 Å². The topological polar surface area (TPSA) is 307 Å². The quantitative estimate of drug-likeness (QED) is 0.0707. The predicted octanol–water partition coefficient (Wildman–Crippen LogP) is -1.94. The van der Waals surface area contributed by atoms with Crippen LogP contribution in [-0.4, -0.2) is 198 Å². The molecular weight excluding hydrogens is 844 g/mol. The lowest BCUT2D eigenvalue weighted by Gasteiger charge is -2.62. The SMILES string of the molecule is C=C(CCC1=C(C)[C@H]2[C@H](C[C@@H]3[C@@H]4CC[C@@H]5C[C@H](O[C@@H]6O[C@H](CO)[C@H](O)[C@H](O)[C@H]6O[C@@H]6O[C@H](CO)[C@@H](O)[C@H](O)[C@H]6O)CC[C@]5(C)[C@H]4C[C@@H](O)[C@@]32C)O1)CO[C@@H]1O[C@H](CO)[C@@H](O)[C@H](O)[C@H]1O. The van der Waals surface area contributed by atoms with Gasteiger partial charge in [-0.1, -0.05) is 26.0 Å². The molecule has 8 aliphatic rings. The fourth-order valence-electron chi connectivity index (χ4n) is 13.5. The average Bonchev–Trinajstić information content (AvgIpc) is 3.77. The van der Waals surface area contributed by atoms with E-state index < -0.39 is 118 Å².